The van der Waals surface area contributed by atoms with Crippen LogP contribution in [-0.4, -0.2) is 29.3 Å². The van der Waals surface area contributed by atoms with Gasteiger partial charge in [-0.1, -0.05) is 20.8 Å². The number of aliphatic hydroxyl groups is 1. The van der Waals surface area contributed by atoms with Crippen LogP contribution >= 0.6 is 0 Å². The summed E-state index contributed by atoms with van der Waals surface area (Å²) in [6, 6.07) is 14.1. The van der Waals surface area contributed by atoms with Crippen molar-refractivity contribution >= 4 is 34.7 Å². The fraction of sp³-hybridized carbons (Fsp3) is 0.276. The molecule has 0 bridgehead atoms. The van der Waals surface area contributed by atoms with E-state index in [0.29, 0.717) is 35.1 Å². The molecule has 37 heavy (non-hydrogen) atoms. The van der Waals surface area contributed by atoms with Gasteiger partial charge in [0.1, 0.15) is 23.3 Å². The van der Waals surface area contributed by atoms with E-state index in [1.54, 1.807) is 54.6 Å². The fourth-order valence-corrected chi connectivity index (χ4v) is 4.42. The van der Waals surface area contributed by atoms with Crippen LogP contribution in [0.25, 0.3) is 5.76 Å². The number of ketones is 1. The van der Waals surface area contributed by atoms with Gasteiger partial charge < -0.3 is 19.6 Å². The molecular formula is C29H30N2O6. The Morgan fingerprint density at radius 1 is 1.11 bits per heavy atom. The summed E-state index contributed by atoms with van der Waals surface area (Å²) in [5.74, 6) is -1.13. The standard InChI is InChI=1S/C29H30N2O6/c1-6-36-22-14-9-18(16-21(22)29(3,4)5)26(33)24-25(23-8-7-15-37-23)31(28(35)27(24)34)20-12-10-19(11-13-20)30-17(2)32/h7-16,25,33H,6H2,1-5H3,(H,30,32)/b26-24-. The lowest BCUT2D eigenvalue weighted by Crippen LogP contribution is -2.29. The van der Waals surface area contributed by atoms with E-state index in [-0.39, 0.29) is 22.7 Å². The van der Waals surface area contributed by atoms with Crippen molar-refractivity contribution in [3.8, 4) is 5.75 Å². The molecule has 1 unspecified atom stereocenters. The zero-order valence-electron chi connectivity index (χ0n) is 21.5. The van der Waals surface area contributed by atoms with E-state index in [9.17, 15) is 19.5 Å². The van der Waals surface area contributed by atoms with Crippen molar-refractivity contribution < 1.29 is 28.6 Å². The number of hydrogen-bond acceptors (Lipinski definition) is 6. The van der Waals surface area contributed by atoms with Crippen LogP contribution < -0.4 is 15.0 Å². The van der Waals surface area contributed by atoms with Gasteiger partial charge in [-0.05, 0) is 66.9 Å². The molecule has 0 saturated carbocycles. The first kappa shape index (κ1) is 25.8. The first-order valence-corrected chi connectivity index (χ1v) is 12.0. The van der Waals surface area contributed by atoms with Crippen LogP contribution in [0, 0.1) is 0 Å². The molecule has 2 heterocycles. The lowest BCUT2D eigenvalue weighted by atomic mass is 9.84. The monoisotopic (exact) mass is 502 g/mol. The normalized spacial score (nSPS) is 17.2. The van der Waals surface area contributed by atoms with Gasteiger partial charge in [0.15, 0.2) is 0 Å². The minimum atomic E-state index is -0.980. The molecule has 1 fully saturated rings. The second-order valence-corrected chi connectivity index (χ2v) is 9.81. The Morgan fingerprint density at radius 3 is 2.38 bits per heavy atom. The largest absolute Gasteiger partial charge is 0.507 e. The first-order chi connectivity index (χ1) is 17.5. The highest BCUT2D eigenvalue weighted by molar-refractivity contribution is 6.51. The van der Waals surface area contributed by atoms with E-state index in [1.165, 1.54) is 18.1 Å². The summed E-state index contributed by atoms with van der Waals surface area (Å²) >= 11 is 0. The summed E-state index contributed by atoms with van der Waals surface area (Å²) in [6.45, 7) is 9.87. The molecule has 192 valence electrons. The van der Waals surface area contributed by atoms with E-state index in [1.807, 2.05) is 27.7 Å². The molecule has 3 aromatic rings. The summed E-state index contributed by atoms with van der Waals surface area (Å²) in [4.78, 5) is 39.3. The molecule has 0 spiro atoms. The third-order valence-corrected chi connectivity index (χ3v) is 6.08. The minimum absolute atomic E-state index is 0.0742. The Morgan fingerprint density at radius 2 is 1.81 bits per heavy atom. The molecule has 1 aliphatic heterocycles. The van der Waals surface area contributed by atoms with Crippen LogP contribution in [0.5, 0.6) is 5.75 Å². The highest BCUT2D eigenvalue weighted by Gasteiger charge is 2.48. The van der Waals surface area contributed by atoms with Gasteiger partial charge in [0.2, 0.25) is 5.91 Å². The molecule has 4 rings (SSSR count). The summed E-state index contributed by atoms with van der Waals surface area (Å²) in [7, 11) is 0. The van der Waals surface area contributed by atoms with Gasteiger partial charge in [0.05, 0.1) is 18.4 Å². The number of nitrogens with zero attached hydrogens (tertiary/aromatic N) is 1. The number of carbonyl (C=O) groups is 3. The van der Waals surface area contributed by atoms with Crippen molar-refractivity contribution in [1.29, 1.82) is 0 Å². The fourth-order valence-electron chi connectivity index (χ4n) is 4.42. The molecule has 0 radical (unpaired) electrons. The van der Waals surface area contributed by atoms with Gasteiger partial charge in [-0.15, -0.1) is 0 Å². The van der Waals surface area contributed by atoms with Gasteiger partial charge in [0.25, 0.3) is 11.7 Å². The highest BCUT2D eigenvalue weighted by atomic mass is 16.5. The van der Waals surface area contributed by atoms with Gasteiger partial charge >= 0.3 is 0 Å². The quantitative estimate of drug-likeness (QED) is 0.259. The third kappa shape index (κ3) is 5.00. The molecule has 8 heteroatoms. The molecule has 1 atom stereocenters. The molecule has 1 aliphatic rings. The molecule has 2 amide bonds. The maximum Gasteiger partial charge on any atom is 0.300 e. The predicted octanol–water partition coefficient (Wildman–Crippen LogP) is 5.56. The maximum absolute atomic E-state index is 13.3. The summed E-state index contributed by atoms with van der Waals surface area (Å²) in [5, 5.41) is 14.1. The molecule has 1 saturated heterocycles. The average molecular weight is 503 g/mol. The van der Waals surface area contributed by atoms with Crippen molar-refractivity contribution in [2.45, 2.75) is 46.1 Å². The maximum atomic E-state index is 13.3. The Labute approximate surface area is 215 Å². The molecular weight excluding hydrogens is 472 g/mol. The Bertz CT molecular complexity index is 1360. The zero-order chi connectivity index (χ0) is 26.9. The average Bonchev–Trinajstić information content (AvgIpc) is 3.46. The predicted molar refractivity (Wildman–Crippen MR) is 141 cm³/mol. The Balaban J connectivity index is 1.86. The number of Topliss-reactive ketones (excluding diaryl/α,β-unsaturated/α-hetero) is 1. The topological polar surface area (TPSA) is 109 Å². The molecule has 2 N–H and O–H groups in total. The number of rotatable bonds is 6. The minimum Gasteiger partial charge on any atom is -0.507 e. The van der Waals surface area contributed by atoms with Crippen LogP contribution in [-0.2, 0) is 19.8 Å². The van der Waals surface area contributed by atoms with E-state index >= 15 is 0 Å². The Kier molecular flexibility index (Phi) is 6.94. The number of hydrogen-bond donors (Lipinski definition) is 2. The molecule has 8 nitrogen and oxygen atoms in total. The molecule has 0 aliphatic carbocycles. The van der Waals surface area contributed by atoms with Gasteiger partial charge in [-0.2, -0.15) is 0 Å². The van der Waals surface area contributed by atoms with Crippen LogP contribution in [0.1, 0.15) is 57.5 Å². The Hall–Kier alpha value is -4.33. The van der Waals surface area contributed by atoms with Crippen molar-refractivity contribution in [3.05, 3.63) is 83.3 Å². The zero-order valence-corrected chi connectivity index (χ0v) is 21.5. The van der Waals surface area contributed by atoms with E-state index < -0.39 is 17.7 Å². The van der Waals surface area contributed by atoms with Crippen LogP contribution in [0.3, 0.4) is 0 Å². The third-order valence-electron chi connectivity index (χ3n) is 6.08. The summed E-state index contributed by atoms with van der Waals surface area (Å²) in [6.07, 6.45) is 1.45. The number of ether oxygens (including phenoxy) is 1. The summed E-state index contributed by atoms with van der Waals surface area (Å²) < 4.78 is 11.4. The summed E-state index contributed by atoms with van der Waals surface area (Å²) in [5.41, 5.74) is 1.84. The van der Waals surface area contributed by atoms with Crippen molar-refractivity contribution in [3.63, 3.8) is 0 Å². The SMILES string of the molecule is CCOc1ccc(/C(O)=C2/C(=O)C(=O)N(c3ccc(NC(C)=O)cc3)C2c2ccco2)cc1C(C)(C)C. The smallest absolute Gasteiger partial charge is 0.300 e. The number of amides is 2. The highest BCUT2D eigenvalue weighted by Crippen LogP contribution is 2.43. The van der Waals surface area contributed by atoms with Crippen LogP contribution in [0.4, 0.5) is 11.4 Å². The number of carbonyl (C=O) groups excluding carboxylic acids is 3. The van der Waals surface area contributed by atoms with Crippen LogP contribution in [0.2, 0.25) is 0 Å². The van der Waals surface area contributed by atoms with Crippen molar-refractivity contribution in [2.24, 2.45) is 0 Å². The number of aliphatic hydroxyl groups excluding tert-OH is 1. The lowest BCUT2D eigenvalue weighted by molar-refractivity contribution is -0.132. The van der Waals surface area contributed by atoms with E-state index in [0.717, 1.165) is 5.56 Å². The first-order valence-electron chi connectivity index (χ1n) is 12.0. The van der Waals surface area contributed by atoms with Gasteiger partial charge in [-0.25, -0.2) is 0 Å². The molecule has 2 aromatic carbocycles. The van der Waals surface area contributed by atoms with E-state index in [2.05, 4.69) is 5.32 Å². The second-order valence-electron chi connectivity index (χ2n) is 9.81. The lowest BCUT2D eigenvalue weighted by Gasteiger charge is -2.25. The molecule has 1 aromatic heterocycles. The number of furan rings is 1. The van der Waals surface area contributed by atoms with Gasteiger partial charge in [-0.3, -0.25) is 19.3 Å². The van der Waals surface area contributed by atoms with Crippen molar-refractivity contribution in [2.75, 3.05) is 16.8 Å². The number of nitrogens with one attached hydrogen (secondary N) is 1. The van der Waals surface area contributed by atoms with Gasteiger partial charge in [0, 0.05) is 29.4 Å². The van der Waals surface area contributed by atoms with Crippen molar-refractivity contribution in [1.82, 2.24) is 0 Å². The van der Waals surface area contributed by atoms with E-state index in [4.69, 9.17) is 9.15 Å². The van der Waals surface area contributed by atoms with Crippen LogP contribution in [0.15, 0.2) is 70.9 Å². The number of anilines is 2. The number of benzene rings is 2. The second kappa shape index (κ2) is 9.97.